The van der Waals surface area contributed by atoms with Crippen LogP contribution in [0.4, 0.5) is 0 Å². The highest BCUT2D eigenvalue weighted by Crippen LogP contribution is 2.22. The van der Waals surface area contributed by atoms with Crippen LogP contribution in [0.15, 0.2) is 59.5 Å². The standard InChI is InChI=1S/C25H31N5O3S.C2H2O4/c1-21(25(31)29-13-11-27(12-14-29)20-22-7-3-2-4-8-22)28-15-17-30(18-16-28)34(32,33)24-10-6-5-9-23(24)19-26;3-1(4)2(5)6/h2-10,21H,11-18,20H2,1H3;(H,3,4)(H,5,6). The van der Waals surface area contributed by atoms with E-state index in [1.54, 1.807) is 12.1 Å². The van der Waals surface area contributed by atoms with Crippen LogP contribution in [-0.4, -0.2) is 114 Å². The molecule has 2 saturated heterocycles. The molecule has 2 aromatic rings. The van der Waals surface area contributed by atoms with Crippen molar-refractivity contribution in [3.63, 3.8) is 0 Å². The minimum atomic E-state index is -3.74. The van der Waals surface area contributed by atoms with Gasteiger partial charge in [-0.05, 0) is 24.6 Å². The molecule has 214 valence electrons. The molecule has 1 amide bonds. The summed E-state index contributed by atoms with van der Waals surface area (Å²) in [5.41, 5.74) is 1.43. The second kappa shape index (κ2) is 14.0. The lowest BCUT2D eigenvalue weighted by Gasteiger charge is -2.40. The average molecular weight is 572 g/mol. The van der Waals surface area contributed by atoms with Crippen LogP contribution in [0.2, 0.25) is 0 Å². The Balaban J connectivity index is 0.000000663. The van der Waals surface area contributed by atoms with Crippen molar-refractivity contribution in [3.8, 4) is 6.07 Å². The fourth-order valence-corrected chi connectivity index (χ4v) is 6.21. The quantitative estimate of drug-likeness (QED) is 0.473. The maximum absolute atomic E-state index is 13.1. The first-order chi connectivity index (χ1) is 19.0. The van der Waals surface area contributed by atoms with Gasteiger partial charge in [-0.25, -0.2) is 18.0 Å². The Bertz CT molecular complexity index is 1320. The van der Waals surface area contributed by atoms with E-state index in [1.807, 2.05) is 36.1 Å². The van der Waals surface area contributed by atoms with Crippen LogP contribution in [0.1, 0.15) is 18.1 Å². The first kappa shape index (κ1) is 30.7. The van der Waals surface area contributed by atoms with Crippen molar-refractivity contribution in [2.45, 2.75) is 24.4 Å². The first-order valence-corrected chi connectivity index (χ1v) is 14.2. The number of carbonyl (C=O) groups excluding carboxylic acids is 1. The number of nitrogens with zero attached hydrogens (tertiary/aromatic N) is 5. The molecule has 2 aliphatic heterocycles. The third-order valence-corrected chi connectivity index (χ3v) is 8.88. The highest BCUT2D eigenvalue weighted by molar-refractivity contribution is 7.89. The number of hydrogen-bond acceptors (Lipinski definition) is 8. The molecule has 2 aliphatic rings. The average Bonchev–Trinajstić information content (AvgIpc) is 2.97. The highest BCUT2D eigenvalue weighted by Gasteiger charge is 2.34. The van der Waals surface area contributed by atoms with E-state index in [-0.39, 0.29) is 22.4 Å². The van der Waals surface area contributed by atoms with Gasteiger partial charge in [0.25, 0.3) is 0 Å². The van der Waals surface area contributed by atoms with Crippen LogP contribution in [0.5, 0.6) is 0 Å². The van der Waals surface area contributed by atoms with E-state index in [4.69, 9.17) is 19.8 Å². The van der Waals surface area contributed by atoms with Gasteiger partial charge in [0.2, 0.25) is 15.9 Å². The van der Waals surface area contributed by atoms with Gasteiger partial charge in [0.1, 0.15) is 6.07 Å². The van der Waals surface area contributed by atoms with Gasteiger partial charge >= 0.3 is 11.9 Å². The Morgan fingerprint density at radius 1 is 0.850 bits per heavy atom. The number of nitriles is 1. The monoisotopic (exact) mass is 571 g/mol. The van der Waals surface area contributed by atoms with E-state index in [2.05, 4.69) is 21.9 Å². The molecule has 12 nitrogen and oxygen atoms in total. The zero-order chi connectivity index (χ0) is 29.3. The largest absolute Gasteiger partial charge is 0.473 e. The summed E-state index contributed by atoms with van der Waals surface area (Å²) in [6.07, 6.45) is 0. The van der Waals surface area contributed by atoms with Crippen molar-refractivity contribution >= 4 is 27.9 Å². The summed E-state index contributed by atoms with van der Waals surface area (Å²) in [5.74, 6) is -3.55. The number of aliphatic carboxylic acids is 2. The minimum absolute atomic E-state index is 0.0449. The van der Waals surface area contributed by atoms with E-state index in [0.29, 0.717) is 39.3 Å². The fourth-order valence-electron chi connectivity index (χ4n) is 4.64. The molecule has 1 atom stereocenters. The van der Waals surface area contributed by atoms with Crippen LogP contribution in [0.25, 0.3) is 0 Å². The van der Waals surface area contributed by atoms with Gasteiger partial charge in [0.15, 0.2) is 0 Å². The molecule has 40 heavy (non-hydrogen) atoms. The molecule has 2 N–H and O–H groups in total. The lowest BCUT2D eigenvalue weighted by atomic mass is 10.1. The van der Waals surface area contributed by atoms with Crippen LogP contribution in [0, 0.1) is 11.3 Å². The topological polar surface area (TPSA) is 163 Å². The number of amides is 1. The summed E-state index contributed by atoms with van der Waals surface area (Å²) in [6, 6.07) is 18.3. The van der Waals surface area contributed by atoms with Crippen LogP contribution >= 0.6 is 0 Å². The molecule has 0 aromatic heterocycles. The summed E-state index contributed by atoms with van der Waals surface area (Å²) in [6.45, 7) is 7.45. The number of rotatable bonds is 6. The van der Waals surface area contributed by atoms with Gasteiger partial charge < -0.3 is 15.1 Å². The third kappa shape index (κ3) is 7.86. The number of carboxylic acid groups (broad SMARTS) is 2. The molecule has 2 aromatic carbocycles. The summed E-state index contributed by atoms with van der Waals surface area (Å²) in [5, 5.41) is 24.1. The number of sulfonamides is 1. The smallest absolute Gasteiger partial charge is 0.414 e. The lowest BCUT2D eigenvalue weighted by molar-refractivity contribution is -0.159. The highest BCUT2D eigenvalue weighted by atomic mass is 32.2. The van der Waals surface area contributed by atoms with Crippen molar-refractivity contribution in [2.24, 2.45) is 0 Å². The Labute approximate surface area is 233 Å². The summed E-state index contributed by atoms with van der Waals surface area (Å²) in [4.78, 5) is 37.7. The zero-order valence-corrected chi connectivity index (χ0v) is 23.0. The summed E-state index contributed by atoms with van der Waals surface area (Å²) < 4.78 is 27.5. The van der Waals surface area contributed by atoms with E-state index in [0.717, 1.165) is 19.6 Å². The normalized spacial score (nSPS) is 17.6. The molecule has 0 aliphatic carbocycles. The predicted octanol–water partition coefficient (Wildman–Crippen LogP) is 0.753. The second-order valence-electron chi connectivity index (χ2n) is 9.42. The molecule has 2 heterocycles. The van der Waals surface area contributed by atoms with Gasteiger partial charge in [0.05, 0.1) is 16.5 Å². The molecule has 0 radical (unpaired) electrons. The molecular formula is C27H33N5O7S. The first-order valence-electron chi connectivity index (χ1n) is 12.8. The van der Waals surface area contributed by atoms with Crippen LogP contribution in [-0.2, 0) is 31.0 Å². The molecule has 13 heteroatoms. The number of piperazine rings is 2. The number of carboxylic acids is 2. The van der Waals surface area contributed by atoms with E-state index >= 15 is 0 Å². The van der Waals surface area contributed by atoms with Gasteiger partial charge in [-0.3, -0.25) is 14.6 Å². The Morgan fingerprint density at radius 3 is 1.95 bits per heavy atom. The van der Waals surface area contributed by atoms with Crippen molar-refractivity contribution in [3.05, 3.63) is 65.7 Å². The second-order valence-corrected chi connectivity index (χ2v) is 11.3. The molecule has 0 saturated carbocycles. The molecule has 0 spiro atoms. The van der Waals surface area contributed by atoms with Crippen molar-refractivity contribution in [1.82, 2.24) is 19.0 Å². The van der Waals surface area contributed by atoms with Crippen LogP contribution < -0.4 is 0 Å². The van der Waals surface area contributed by atoms with Gasteiger partial charge in [0, 0.05) is 58.9 Å². The third-order valence-electron chi connectivity index (χ3n) is 6.92. The van der Waals surface area contributed by atoms with E-state index < -0.39 is 22.0 Å². The Morgan fingerprint density at radius 2 is 1.40 bits per heavy atom. The maximum Gasteiger partial charge on any atom is 0.414 e. The number of carbonyl (C=O) groups is 3. The van der Waals surface area contributed by atoms with Crippen LogP contribution in [0.3, 0.4) is 0 Å². The van der Waals surface area contributed by atoms with Crippen molar-refractivity contribution in [1.29, 1.82) is 5.26 Å². The van der Waals surface area contributed by atoms with Gasteiger partial charge in [-0.1, -0.05) is 42.5 Å². The Hall–Kier alpha value is -3.83. The fraction of sp³-hybridized carbons (Fsp3) is 0.407. The van der Waals surface area contributed by atoms with Crippen molar-refractivity contribution in [2.75, 3.05) is 52.4 Å². The molecular weight excluding hydrogens is 538 g/mol. The lowest BCUT2D eigenvalue weighted by Crippen LogP contribution is -2.57. The minimum Gasteiger partial charge on any atom is -0.473 e. The van der Waals surface area contributed by atoms with E-state index in [1.165, 1.54) is 22.0 Å². The number of hydrogen-bond donors (Lipinski definition) is 2. The molecule has 2 fully saturated rings. The van der Waals surface area contributed by atoms with Gasteiger partial charge in [-0.2, -0.15) is 9.57 Å². The molecule has 1 unspecified atom stereocenters. The molecule has 4 rings (SSSR count). The number of benzene rings is 2. The predicted molar refractivity (Wildman–Crippen MR) is 145 cm³/mol. The SMILES string of the molecule is CC(C(=O)N1CCN(Cc2ccccc2)CC1)N1CCN(S(=O)(=O)c2ccccc2C#N)CC1.O=C(O)C(=O)O. The Kier molecular flexibility index (Phi) is 10.7. The zero-order valence-electron chi connectivity index (χ0n) is 22.2. The van der Waals surface area contributed by atoms with Crippen molar-refractivity contribution < 1.29 is 33.0 Å². The summed E-state index contributed by atoms with van der Waals surface area (Å²) >= 11 is 0. The van der Waals surface area contributed by atoms with E-state index in [9.17, 15) is 18.5 Å². The van der Waals surface area contributed by atoms with Gasteiger partial charge in [-0.15, -0.1) is 0 Å². The summed E-state index contributed by atoms with van der Waals surface area (Å²) in [7, 11) is -3.74. The maximum atomic E-state index is 13.1. The molecule has 0 bridgehead atoms.